The highest BCUT2D eigenvalue weighted by Gasteiger charge is 2.27. The van der Waals surface area contributed by atoms with Crippen LogP contribution in [0.2, 0.25) is 0 Å². The summed E-state index contributed by atoms with van der Waals surface area (Å²) in [5.74, 6) is 0. The molecule has 4 nitrogen and oxygen atoms in total. The molecule has 3 heterocycles. The van der Waals surface area contributed by atoms with Crippen molar-refractivity contribution < 1.29 is 0 Å². The first kappa shape index (κ1) is 11.6. The van der Waals surface area contributed by atoms with Gasteiger partial charge in [-0.25, -0.2) is 4.98 Å². The minimum atomic E-state index is 0.241. The highest BCUT2D eigenvalue weighted by Crippen LogP contribution is 2.20. The van der Waals surface area contributed by atoms with E-state index in [0.29, 0.717) is 4.99 Å². The van der Waals surface area contributed by atoms with Gasteiger partial charge < -0.3 is 10.1 Å². The second kappa shape index (κ2) is 4.66. The summed E-state index contributed by atoms with van der Waals surface area (Å²) in [6.07, 6.45) is 6.32. The van der Waals surface area contributed by atoms with E-state index in [1.54, 1.807) is 0 Å². The lowest BCUT2D eigenvalue weighted by molar-refractivity contribution is 0.292. The first-order valence-electron chi connectivity index (χ1n) is 6.20. The summed E-state index contributed by atoms with van der Waals surface area (Å²) in [6, 6.07) is 6.26. The highest BCUT2D eigenvalue weighted by molar-refractivity contribution is 7.80. The summed E-state index contributed by atoms with van der Waals surface area (Å²) in [5.41, 5.74) is 7.84. The van der Waals surface area contributed by atoms with Crippen molar-refractivity contribution in [1.29, 1.82) is 0 Å². The lowest BCUT2D eigenvalue weighted by Gasteiger charge is -2.22. The van der Waals surface area contributed by atoms with E-state index >= 15 is 0 Å². The number of likely N-dealkylation sites (tertiary alicyclic amines) is 1. The van der Waals surface area contributed by atoms with Gasteiger partial charge in [0.05, 0.1) is 16.7 Å². The van der Waals surface area contributed by atoms with Crippen molar-refractivity contribution in [3.8, 4) is 0 Å². The van der Waals surface area contributed by atoms with Crippen molar-refractivity contribution >= 4 is 22.9 Å². The number of rotatable bonds is 3. The van der Waals surface area contributed by atoms with Gasteiger partial charge in [0.25, 0.3) is 0 Å². The second-order valence-electron chi connectivity index (χ2n) is 4.73. The van der Waals surface area contributed by atoms with Crippen LogP contribution in [0.15, 0.2) is 30.6 Å². The molecule has 0 aliphatic carbocycles. The molecule has 94 valence electrons. The number of hydrogen-bond donors (Lipinski definition) is 1. The smallest absolute Gasteiger partial charge is 0.137 e. The molecule has 0 saturated carbocycles. The molecule has 0 spiro atoms. The fraction of sp³-hybridized carbons (Fsp3) is 0.385. The average molecular weight is 260 g/mol. The monoisotopic (exact) mass is 260 g/mol. The molecule has 2 aromatic rings. The molecule has 1 fully saturated rings. The Balaban J connectivity index is 1.81. The SMILES string of the molecule is NC(=S)C1CCCN1Cc1cn2ccccc2n1. The van der Waals surface area contributed by atoms with Crippen LogP contribution in [0.1, 0.15) is 18.5 Å². The van der Waals surface area contributed by atoms with Crippen LogP contribution in [-0.4, -0.2) is 31.9 Å². The summed E-state index contributed by atoms with van der Waals surface area (Å²) in [6.45, 7) is 1.87. The molecule has 1 aliphatic rings. The van der Waals surface area contributed by atoms with Crippen LogP contribution in [0.3, 0.4) is 0 Å². The number of nitrogens with zero attached hydrogens (tertiary/aromatic N) is 3. The van der Waals surface area contributed by atoms with E-state index in [4.69, 9.17) is 18.0 Å². The van der Waals surface area contributed by atoms with Crippen molar-refractivity contribution in [2.75, 3.05) is 6.54 Å². The fourth-order valence-corrected chi connectivity index (χ4v) is 2.88. The topological polar surface area (TPSA) is 46.6 Å². The summed E-state index contributed by atoms with van der Waals surface area (Å²) < 4.78 is 2.04. The quantitative estimate of drug-likeness (QED) is 0.851. The third-order valence-electron chi connectivity index (χ3n) is 3.47. The van der Waals surface area contributed by atoms with Crippen LogP contribution >= 0.6 is 12.2 Å². The number of imidazole rings is 1. The van der Waals surface area contributed by atoms with Crippen molar-refractivity contribution in [1.82, 2.24) is 14.3 Å². The minimum absolute atomic E-state index is 0.241. The molecule has 2 N–H and O–H groups in total. The predicted molar refractivity (Wildman–Crippen MR) is 75.4 cm³/mol. The highest BCUT2D eigenvalue weighted by atomic mass is 32.1. The molecule has 1 atom stereocenters. The van der Waals surface area contributed by atoms with Gasteiger partial charge in [-0.2, -0.15) is 0 Å². The number of nitrogens with two attached hydrogens (primary N) is 1. The third-order valence-corrected chi connectivity index (χ3v) is 3.74. The van der Waals surface area contributed by atoms with Crippen LogP contribution < -0.4 is 5.73 Å². The first-order valence-corrected chi connectivity index (χ1v) is 6.61. The van der Waals surface area contributed by atoms with Crippen molar-refractivity contribution in [2.45, 2.75) is 25.4 Å². The largest absolute Gasteiger partial charge is 0.392 e. The van der Waals surface area contributed by atoms with Gasteiger partial charge in [-0.3, -0.25) is 4.90 Å². The molecule has 0 aromatic carbocycles. The summed E-state index contributed by atoms with van der Waals surface area (Å²) >= 11 is 5.12. The van der Waals surface area contributed by atoms with Gasteiger partial charge in [0.2, 0.25) is 0 Å². The summed E-state index contributed by atoms with van der Waals surface area (Å²) in [7, 11) is 0. The normalized spacial score (nSPS) is 20.6. The molecule has 0 bridgehead atoms. The van der Waals surface area contributed by atoms with Crippen LogP contribution in [0.5, 0.6) is 0 Å². The first-order chi connectivity index (χ1) is 8.74. The maximum absolute atomic E-state index is 5.78. The molecule has 1 aliphatic heterocycles. The molecule has 0 radical (unpaired) electrons. The van der Waals surface area contributed by atoms with Crippen molar-refractivity contribution in [3.05, 3.63) is 36.3 Å². The third kappa shape index (κ3) is 2.11. The summed E-state index contributed by atoms with van der Waals surface area (Å²) in [5, 5.41) is 0. The summed E-state index contributed by atoms with van der Waals surface area (Å²) in [4.78, 5) is 7.54. The zero-order valence-electron chi connectivity index (χ0n) is 10.1. The number of fused-ring (bicyclic) bond motifs is 1. The Bertz CT molecular complexity index is 544. The Morgan fingerprint density at radius 3 is 3.17 bits per heavy atom. The van der Waals surface area contributed by atoms with Crippen LogP contribution in [0.25, 0.3) is 5.65 Å². The number of aromatic nitrogens is 2. The Morgan fingerprint density at radius 1 is 1.50 bits per heavy atom. The molecular formula is C13H16N4S. The lowest BCUT2D eigenvalue weighted by atomic mass is 10.2. The molecule has 18 heavy (non-hydrogen) atoms. The van der Waals surface area contributed by atoms with Gasteiger partial charge in [-0.15, -0.1) is 0 Å². The van der Waals surface area contributed by atoms with Crippen LogP contribution in [0, 0.1) is 0 Å². The molecule has 1 saturated heterocycles. The second-order valence-corrected chi connectivity index (χ2v) is 5.20. The average Bonchev–Trinajstić information content (AvgIpc) is 2.94. The van der Waals surface area contributed by atoms with E-state index in [9.17, 15) is 0 Å². The van der Waals surface area contributed by atoms with Gasteiger partial charge in [-0.05, 0) is 31.5 Å². The number of thiocarbonyl (C=S) groups is 1. The maximum Gasteiger partial charge on any atom is 0.137 e. The minimum Gasteiger partial charge on any atom is -0.392 e. The molecular weight excluding hydrogens is 244 g/mol. The molecule has 5 heteroatoms. The van der Waals surface area contributed by atoms with Crippen molar-refractivity contribution in [2.24, 2.45) is 5.73 Å². The van der Waals surface area contributed by atoms with E-state index in [-0.39, 0.29) is 6.04 Å². The van der Waals surface area contributed by atoms with Gasteiger partial charge in [0, 0.05) is 18.9 Å². The number of hydrogen-bond acceptors (Lipinski definition) is 3. The van der Waals surface area contributed by atoms with Gasteiger partial charge >= 0.3 is 0 Å². The Kier molecular flexibility index (Phi) is 3.01. The lowest BCUT2D eigenvalue weighted by Crippen LogP contribution is -2.38. The molecule has 0 amide bonds. The van der Waals surface area contributed by atoms with E-state index in [2.05, 4.69) is 16.1 Å². The van der Waals surface area contributed by atoms with E-state index < -0.39 is 0 Å². The Labute approximate surface area is 111 Å². The van der Waals surface area contributed by atoms with Crippen LogP contribution in [0.4, 0.5) is 0 Å². The van der Waals surface area contributed by atoms with E-state index in [0.717, 1.165) is 37.3 Å². The Morgan fingerprint density at radius 2 is 2.39 bits per heavy atom. The standard InChI is InChI=1S/C13H16N4S/c14-13(18)11-4-3-7-16(11)8-10-9-17-6-2-1-5-12(17)15-10/h1-2,5-6,9,11H,3-4,7-8H2,(H2,14,18). The van der Waals surface area contributed by atoms with Crippen LogP contribution in [-0.2, 0) is 6.54 Å². The Hall–Kier alpha value is -1.46. The molecule has 1 unspecified atom stereocenters. The molecule has 3 rings (SSSR count). The van der Waals surface area contributed by atoms with E-state index in [1.807, 2.05) is 28.8 Å². The van der Waals surface area contributed by atoms with Crippen molar-refractivity contribution in [3.63, 3.8) is 0 Å². The predicted octanol–water partition coefficient (Wildman–Crippen LogP) is 1.58. The maximum atomic E-state index is 5.78. The van der Waals surface area contributed by atoms with Gasteiger partial charge in [-0.1, -0.05) is 18.3 Å². The van der Waals surface area contributed by atoms with Gasteiger partial charge in [0.15, 0.2) is 0 Å². The zero-order valence-corrected chi connectivity index (χ0v) is 10.9. The number of pyridine rings is 1. The fourth-order valence-electron chi connectivity index (χ4n) is 2.61. The van der Waals surface area contributed by atoms with Gasteiger partial charge in [0.1, 0.15) is 5.65 Å². The van der Waals surface area contributed by atoms with E-state index in [1.165, 1.54) is 0 Å². The zero-order chi connectivity index (χ0) is 12.5. The molecule has 2 aromatic heterocycles.